The van der Waals surface area contributed by atoms with E-state index in [1.54, 1.807) is 16.8 Å². The number of amides is 1. The van der Waals surface area contributed by atoms with Crippen molar-refractivity contribution in [1.29, 1.82) is 5.26 Å². The van der Waals surface area contributed by atoms with Crippen LogP contribution in [0, 0.1) is 17.2 Å². The van der Waals surface area contributed by atoms with Crippen molar-refractivity contribution in [3.8, 4) is 17.7 Å². The quantitative estimate of drug-likeness (QED) is 0.883. The number of ether oxygens (including phenoxy) is 2. The summed E-state index contributed by atoms with van der Waals surface area (Å²) in [4.78, 5) is 12.7. The van der Waals surface area contributed by atoms with Crippen LogP contribution >= 0.6 is 0 Å². The molecular weight excluding hydrogens is 356 g/mol. The Balaban J connectivity index is 1.24. The average Bonchev–Trinajstić information content (AvgIpc) is 3.42. The van der Waals surface area contributed by atoms with Gasteiger partial charge in [-0.2, -0.15) is 10.4 Å². The van der Waals surface area contributed by atoms with E-state index in [1.165, 1.54) is 12.8 Å². The van der Waals surface area contributed by atoms with Gasteiger partial charge in [-0.3, -0.25) is 4.79 Å². The zero-order valence-electron chi connectivity index (χ0n) is 15.6. The van der Waals surface area contributed by atoms with Crippen molar-refractivity contribution in [2.24, 2.45) is 5.92 Å². The van der Waals surface area contributed by atoms with E-state index in [0.29, 0.717) is 30.2 Å². The Morgan fingerprint density at radius 3 is 3.04 bits per heavy atom. The molecule has 1 N–H and O–H groups in total. The zero-order chi connectivity index (χ0) is 19.1. The summed E-state index contributed by atoms with van der Waals surface area (Å²) in [6.45, 7) is 1.19. The first kappa shape index (κ1) is 17.1. The number of rotatable bonds is 4. The molecule has 3 aliphatic rings. The molecule has 2 atom stereocenters. The number of nitrogens with one attached hydrogen (secondary N) is 1. The van der Waals surface area contributed by atoms with Crippen molar-refractivity contribution < 1.29 is 14.3 Å². The van der Waals surface area contributed by atoms with Crippen LogP contribution in [0.5, 0.6) is 11.6 Å². The molecule has 144 valence electrons. The van der Waals surface area contributed by atoms with Gasteiger partial charge >= 0.3 is 0 Å². The van der Waals surface area contributed by atoms with Crippen molar-refractivity contribution in [3.05, 3.63) is 41.1 Å². The Morgan fingerprint density at radius 1 is 1.32 bits per heavy atom. The van der Waals surface area contributed by atoms with E-state index >= 15 is 0 Å². The van der Waals surface area contributed by atoms with Crippen LogP contribution in [0.2, 0.25) is 0 Å². The van der Waals surface area contributed by atoms with E-state index in [2.05, 4.69) is 16.5 Å². The lowest BCUT2D eigenvalue weighted by molar-refractivity contribution is 0.0909. The highest BCUT2D eigenvalue weighted by atomic mass is 16.5. The summed E-state index contributed by atoms with van der Waals surface area (Å²) >= 11 is 0. The lowest BCUT2D eigenvalue weighted by atomic mass is 10.0. The highest BCUT2D eigenvalue weighted by molar-refractivity contribution is 5.92. The Labute approximate surface area is 163 Å². The number of hydrogen-bond acceptors (Lipinski definition) is 5. The first-order valence-corrected chi connectivity index (χ1v) is 9.89. The van der Waals surface area contributed by atoms with Gasteiger partial charge in [-0.1, -0.05) is 12.8 Å². The van der Waals surface area contributed by atoms with E-state index in [9.17, 15) is 4.79 Å². The minimum atomic E-state index is -0.224. The summed E-state index contributed by atoms with van der Waals surface area (Å²) in [6.07, 6.45) is 5.55. The van der Waals surface area contributed by atoms with E-state index in [0.717, 1.165) is 36.6 Å². The molecule has 1 aromatic carbocycles. The number of aryl methyl sites for hydroxylation is 1. The summed E-state index contributed by atoms with van der Waals surface area (Å²) in [6, 6.07) is 9.08. The molecular formula is C21H22N4O3. The molecule has 0 spiro atoms. The monoisotopic (exact) mass is 378 g/mol. The van der Waals surface area contributed by atoms with Crippen LogP contribution in [-0.4, -0.2) is 34.4 Å². The van der Waals surface area contributed by atoms with E-state index in [-0.39, 0.29) is 18.1 Å². The number of benzene rings is 1. The van der Waals surface area contributed by atoms with Gasteiger partial charge < -0.3 is 14.8 Å². The Kier molecular flexibility index (Phi) is 4.19. The van der Waals surface area contributed by atoms with E-state index in [4.69, 9.17) is 14.7 Å². The normalized spacial score (nSPS) is 22.8. The van der Waals surface area contributed by atoms with Gasteiger partial charge in [-0.15, -0.1) is 0 Å². The Bertz CT molecular complexity index is 957. The maximum atomic E-state index is 12.7. The summed E-state index contributed by atoms with van der Waals surface area (Å²) in [5.74, 6) is 2.05. The smallest absolute Gasteiger partial charge is 0.272 e. The fraction of sp³-hybridized carbons (Fsp3) is 0.476. The maximum Gasteiger partial charge on any atom is 0.272 e. The van der Waals surface area contributed by atoms with Crippen LogP contribution < -0.4 is 14.8 Å². The van der Waals surface area contributed by atoms with Gasteiger partial charge in [0.2, 0.25) is 5.88 Å². The van der Waals surface area contributed by atoms with E-state index < -0.39 is 0 Å². The van der Waals surface area contributed by atoms with Crippen LogP contribution in [0.25, 0.3) is 0 Å². The average molecular weight is 378 g/mol. The molecule has 5 rings (SSSR count). The third-order valence-corrected chi connectivity index (χ3v) is 5.65. The first-order chi connectivity index (χ1) is 13.7. The Hall–Kier alpha value is -3.01. The topological polar surface area (TPSA) is 89.2 Å². The van der Waals surface area contributed by atoms with Crippen LogP contribution in [0.4, 0.5) is 0 Å². The minimum absolute atomic E-state index is 0.156. The van der Waals surface area contributed by atoms with Gasteiger partial charge in [-0.25, -0.2) is 4.68 Å². The second-order valence-corrected chi connectivity index (χ2v) is 7.92. The van der Waals surface area contributed by atoms with Crippen LogP contribution in [0.15, 0.2) is 24.3 Å². The van der Waals surface area contributed by atoms with Gasteiger partial charge in [0.15, 0.2) is 5.69 Å². The molecule has 2 aliphatic heterocycles. The van der Waals surface area contributed by atoms with Crippen LogP contribution in [0.3, 0.4) is 0 Å². The molecule has 0 radical (unpaired) electrons. The minimum Gasteiger partial charge on any atom is -0.491 e. The largest absolute Gasteiger partial charge is 0.491 e. The van der Waals surface area contributed by atoms with Crippen molar-refractivity contribution in [2.75, 3.05) is 6.61 Å². The SMILES string of the molecule is N#Cc1ccc2c(c1)C[C@@H](NC(=O)c1cc3n(n1)CC[C@@H](CC1CC1)O3)CO2. The lowest BCUT2D eigenvalue weighted by Gasteiger charge is -2.25. The number of fused-ring (bicyclic) bond motifs is 2. The van der Waals surface area contributed by atoms with Crippen LogP contribution in [-0.2, 0) is 13.0 Å². The number of nitriles is 1. The number of carbonyl (C=O) groups is 1. The molecule has 1 amide bonds. The number of nitrogens with zero attached hydrogens (tertiary/aromatic N) is 3. The molecule has 1 aromatic heterocycles. The molecule has 0 saturated heterocycles. The fourth-order valence-electron chi connectivity index (χ4n) is 3.97. The molecule has 1 fully saturated rings. The predicted octanol–water partition coefficient (Wildman–Crippen LogP) is 2.44. The van der Waals surface area contributed by atoms with Gasteiger partial charge in [0.25, 0.3) is 5.91 Å². The number of aromatic nitrogens is 2. The summed E-state index contributed by atoms with van der Waals surface area (Å²) < 4.78 is 13.6. The molecule has 2 aromatic rings. The van der Waals surface area contributed by atoms with Crippen molar-refractivity contribution in [3.63, 3.8) is 0 Å². The number of carbonyl (C=O) groups excluding carboxylic acids is 1. The Morgan fingerprint density at radius 2 is 2.21 bits per heavy atom. The zero-order valence-corrected chi connectivity index (χ0v) is 15.6. The molecule has 7 heteroatoms. The first-order valence-electron chi connectivity index (χ1n) is 9.89. The highest BCUT2D eigenvalue weighted by Crippen LogP contribution is 2.36. The number of hydrogen-bond donors (Lipinski definition) is 1. The van der Waals surface area contributed by atoms with Gasteiger partial charge in [0, 0.05) is 19.0 Å². The maximum absolute atomic E-state index is 12.7. The van der Waals surface area contributed by atoms with Gasteiger partial charge in [0.1, 0.15) is 18.5 Å². The third-order valence-electron chi connectivity index (χ3n) is 5.65. The summed E-state index contributed by atoms with van der Waals surface area (Å²) in [7, 11) is 0. The lowest BCUT2D eigenvalue weighted by Crippen LogP contribution is -2.42. The summed E-state index contributed by atoms with van der Waals surface area (Å²) in [5, 5.41) is 16.5. The standard InChI is InChI=1S/C21H22N4O3/c22-11-14-3-4-19-15(7-14)9-16(12-27-19)23-21(26)18-10-20-25(24-18)6-5-17(28-20)8-13-1-2-13/h3-4,7,10,13,16-17H,1-2,5-6,8-9,12H2,(H,23,26)/t16-,17+/m1/s1. The molecule has 3 heterocycles. The predicted molar refractivity (Wildman–Crippen MR) is 100 cm³/mol. The van der Waals surface area contributed by atoms with Gasteiger partial charge in [-0.05, 0) is 42.5 Å². The van der Waals surface area contributed by atoms with Gasteiger partial charge in [0.05, 0.1) is 17.7 Å². The molecule has 0 bridgehead atoms. The molecule has 1 aliphatic carbocycles. The van der Waals surface area contributed by atoms with E-state index in [1.807, 2.05) is 12.1 Å². The van der Waals surface area contributed by atoms with Crippen molar-refractivity contribution in [2.45, 2.75) is 50.8 Å². The highest BCUT2D eigenvalue weighted by Gasteiger charge is 2.30. The second kappa shape index (κ2) is 6.86. The molecule has 0 unspecified atom stereocenters. The summed E-state index contributed by atoms with van der Waals surface area (Å²) in [5.41, 5.74) is 1.90. The second-order valence-electron chi connectivity index (χ2n) is 7.92. The molecule has 7 nitrogen and oxygen atoms in total. The van der Waals surface area contributed by atoms with Crippen molar-refractivity contribution >= 4 is 5.91 Å². The third kappa shape index (κ3) is 3.42. The molecule has 1 saturated carbocycles. The van der Waals surface area contributed by atoms with Crippen molar-refractivity contribution in [1.82, 2.24) is 15.1 Å². The van der Waals surface area contributed by atoms with Crippen LogP contribution in [0.1, 0.15) is 47.3 Å². The molecule has 28 heavy (non-hydrogen) atoms. The fourth-order valence-corrected chi connectivity index (χ4v) is 3.97.